The van der Waals surface area contributed by atoms with Crippen molar-refractivity contribution in [2.75, 3.05) is 26.2 Å². The molecule has 0 bridgehead atoms. The molecule has 2 aliphatic heterocycles. The maximum Gasteiger partial charge on any atom is 0.00967 e. The monoisotopic (exact) mass is 250 g/mol. The van der Waals surface area contributed by atoms with Crippen molar-refractivity contribution in [3.05, 3.63) is 12.7 Å². The van der Waals surface area contributed by atoms with Crippen molar-refractivity contribution in [3.63, 3.8) is 0 Å². The van der Waals surface area contributed by atoms with Crippen LogP contribution in [0, 0.1) is 5.92 Å². The molecule has 2 nitrogen and oxygen atoms in total. The normalized spacial score (nSPS) is 26.6. The van der Waals surface area contributed by atoms with Crippen molar-refractivity contribution >= 4 is 0 Å². The zero-order valence-corrected chi connectivity index (χ0v) is 11.9. The second-order valence-electron chi connectivity index (χ2n) is 6.02. The van der Waals surface area contributed by atoms with Gasteiger partial charge in [-0.15, -0.1) is 6.58 Å². The van der Waals surface area contributed by atoms with Gasteiger partial charge in [0.05, 0.1) is 0 Å². The van der Waals surface area contributed by atoms with E-state index >= 15 is 0 Å². The molecule has 1 unspecified atom stereocenters. The largest absolute Gasteiger partial charge is 0.314 e. The van der Waals surface area contributed by atoms with E-state index in [0.29, 0.717) is 0 Å². The highest BCUT2D eigenvalue weighted by Gasteiger charge is 2.27. The van der Waals surface area contributed by atoms with Gasteiger partial charge in [-0.3, -0.25) is 0 Å². The van der Waals surface area contributed by atoms with Crippen molar-refractivity contribution < 1.29 is 0 Å². The van der Waals surface area contributed by atoms with E-state index in [1.807, 2.05) is 6.08 Å². The molecule has 0 spiro atoms. The maximum absolute atomic E-state index is 3.78. The predicted molar refractivity (Wildman–Crippen MR) is 78.9 cm³/mol. The molecule has 0 aromatic carbocycles. The lowest BCUT2D eigenvalue weighted by Gasteiger charge is -2.34. The Morgan fingerprint density at radius 3 is 2.61 bits per heavy atom. The maximum atomic E-state index is 3.78. The molecule has 2 fully saturated rings. The summed E-state index contributed by atoms with van der Waals surface area (Å²) in [6.07, 6.45) is 13.0. The van der Waals surface area contributed by atoms with Crippen molar-refractivity contribution in [1.29, 1.82) is 0 Å². The molecule has 2 aliphatic rings. The molecule has 0 radical (unpaired) electrons. The molecule has 2 rings (SSSR count). The van der Waals surface area contributed by atoms with Gasteiger partial charge in [-0.05, 0) is 77.0 Å². The molecule has 18 heavy (non-hydrogen) atoms. The van der Waals surface area contributed by atoms with E-state index in [1.54, 1.807) is 0 Å². The molecule has 2 heterocycles. The quantitative estimate of drug-likeness (QED) is 0.551. The van der Waals surface area contributed by atoms with Gasteiger partial charge in [-0.1, -0.05) is 12.5 Å². The summed E-state index contributed by atoms with van der Waals surface area (Å²) < 4.78 is 0. The summed E-state index contributed by atoms with van der Waals surface area (Å²) in [6, 6.07) is 0.847. The van der Waals surface area contributed by atoms with Crippen LogP contribution in [0.3, 0.4) is 0 Å². The van der Waals surface area contributed by atoms with Crippen molar-refractivity contribution in [3.8, 4) is 0 Å². The minimum atomic E-state index is 0.847. The van der Waals surface area contributed by atoms with Crippen LogP contribution in [0.4, 0.5) is 0 Å². The Bertz CT molecular complexity index is 225. The van der Waals surface area contributed by atoms with Gasteiger partial charge >= 0.3 is 0 Å². The molecular weight excluding hydrogens is 220 g/mol. The van der Waals surface area contributed by atoms with E-state index in [-0.39, 0.29) is 0 Å². The summed E-state index contributed by atoms with van der Waals surface area (Å²) in [5.41, 5.74) is 0. The Morgan fingerprint density at radius 1 is 1.11 bits per heavy atom. The number of hydrogen-bond acceptors (Lipinski definition) is 2. The molecule has 1 atom stereocenters. The van der Waals surface area contributed by atoms with Gasteiger partial charge in [0.15, 0.2) is 0 Å². The molecule has 104 valence electrons. The summed E-state index contributed by atoms with van der Waals surface area (Å²) in [5, 5.41) is 3.68. The zero-order chi connectivity index (χ0) is 12.6. The Labute approximate surface area is 113 Å². The predicted octanol–water partition coefficient (Wildman–Crippen LogP) is 3.20. The number of unbranched alkanes of at least 4 members (excludes halogenated alkanes) is 3. The van der Waals surface area contributed by atoms with E-state index in [0.717, 1.165) is 12.0 Å². The van der Waals surface area contributed by atoms with Gasteiger partial charge in [-0.2, -0.15) is 0 Å². The second kappa shape index (κ2) is 7.96. The third kappa shape index (κ3) is 4.40. The number of piperidine rings is 1. The van der Waals surface area contributed by atoms with E-state index in [4.69, 9.17) is 0 Å². The van der Waals surface area contributed by atoms with Gasteiger partial charge in [0.1, 0.15) is 0 Å². The van der Waals surface area contributed by atoms with E-state index in [1.165, 1.54) is 77.5 Å². The number of likely N-dealkylation sites (tertiary alicyclic amines) is 1. The fourth-order valence-corrected chi connectivity index (χ4v) is 3.49. The van der Waals surface area contributed by atoms with Gasteiger partial charge in [-0.25, -0.2) is 0 Å². The van der Waals surface area contributed by atoms with Gasteiger partial charge in [0.25, 0.3) is 0 Å². The second-order valence-corrected chi connectivity index (χ2v) is 6.02. The zero-order valence-electron chi connectivity index (χ0n) is 11.9. The third-order valence-electron chi connectivity index (χ3n) is 4.68. The summed E-state index contributed by atoms with van der Waals surface area (Å²) in [7, 11) is 0. The highest BCUT2D eigenvalue weighted by molar-refractivity contribution is 4.85. The number of allylic oxidation sites excluding steroid dienone is 1. The Kier molecular flexibility index (Phi) is 6.22. The van der Waals surface area contributed by atoms with Crippen LogP contribution in [0.25, 0.3) is 0 Å². The molecule has 0 aliphatic carbocycles. The van der Waals surface area contributed by atoms with Crippen molar-refractivity contribution in [2.24, 2.45) is 5.92 Å². The number of rotatable bonds is 7. The van der Waals surface area contributed by atoms with Crippen LogP contribution < -0.4 is 5.32 Å². The molecule has 0 amide bonds. The lowest BCUT2D eigenvalue weighted by Crippen LogP contribution is -2.41. The highest BCUT2D eigenvalue weighted by Crippen LogP contribution is 2.25. The first-order chi connectivity index (χ1) is 8.90. The van der Waals surface area contributed by atoms with Crippen molar-refractivity contribution in [2.45, 2.75) is 57.4 Å². The molecule has 1 N–H and O–H groups in total. The van der Waals surface area contributed by atoms with Crippen LogP contribution in [0.1, 0.15) is 51.4 Å². The first kappa shape index (κ1) is 14.1. The molecular formula is C16H30N2. The highest BCUT2D eigenvalue weighted by atomic mass is 15.1. The first-order valence-corrected chi connectivity index (χ1v) is 7.97. The lowest BCUT2D eigenvalue weighted by atomic mass is 9.88. The fraction of sp³-hybridized carbons (Fsp3) is 0.875. The topological polar surface area (TPSA) is 15.3 Å². The molecule has 0 saturated carbocycles. The standard InChI is InChI=1S/C16H30N2/c1-2-3-4-5-6-12-18-13-9-15(10-14-18)16-8-7-11-17-16/h2,15-17H,1,3-14H2. The van der Waals surface area contributed by atoms with Crippen LogP contribution in [-0.2, 0) is 0 Å². The van der Waals surface area contributed by atoms with Gasteiger partial charge in [0, 0.05) is 6.04 Å². The minimum absolute atomic E-state index is 0.847. The minimum Gasteiger partial charge on any atom is -0.314 e. The average Bonchev–Trinajstić information content (AvgIpc) is 2.93. The van der Waals surface area contributed by atoms with Gasteiger partial charge in [0.2, 0.25) is 0 Å². The molecule has 2 heteroatoms. The fourth-order valence-electron chi connectivity index (χ4n) is 3.49. The number of hydrogen-bond donors (Lipinski definition) is 1. The van der Waals surface area contributed by atoms with E-state index in [9.17, 15) is 0 Å². The van der Waals surface area contributed by atoms with Crippen LogP contribution in [0.5, 0.6) is 0 Å². The number of nitrogens with one attached hydrogen (secondary N) is 1. The van der Waals surface area contributed by atoms with Crippen LogP contribution in [0.2, 0.25) is 0 Å². The van der Waals surface area contributed by atoms with Crippen molar-refractivity contribution in [1.82, 2.24) is 10.2 Å². The summed E-state index contributed by atoms with van der Waals surface area (Å²) in [4.78, 5) is 2.68. The summed E-state index contributed by atoms with van der Waals surface area (Å²) >= 11 is 0. The summed E-state index contributed by atoms with van der Waals surface area (Å²) in [6.45, 7) is 9.03. The molecule has 0 aromatic rings. The first-order valence-electron chi connectivity index (χ1n) is 7.97. The van der Waals surface area contributed by atoms with E-state index in [2.05, 4.69) is 16.8 Å². The average molecular weight is 250 g/mol. The number of nitrogens with zero attached hydrogens (tertiary/aromatic N) is 1. The van der Waals surface area contributed by atoms with E-state index < -0.39 is 0 Å². The van der Waals surface area contributed by atoms with Crippen LogP contribution in [0.15, 0.2) is 12.7 Å². The molecule has 0 aromatic heterocycles. The Balaban J connectivity index is 1.54. The summed E-state index contributed by atoms with van der Waals surface area (Å²) in [5.74, 6) is 0.963. The smallest absolute Gasteiger partial charge is 0.00967 e. The third-order valence-corrected chi connectivity index (χ3v) is 4.68. The van der Waals surface area contributed by atoms with Crippen LogP contribution >= 0.6 is 0 Å². The Hall–Kier alpha value is -0.340. The lowest BCUT2D eigenvalue weighted by molar-refractivity contribution is 0.161. The van der Waals surface area contributed by atoms with Crippen LogP contribution in [-0.4, -0.2) is 37.1 Å². The van der Waals surface area contributed by atoms with Gasteiger partial charge < -0.3 is 10.2 Å². The molecule has 2 saturated heterocycles. The Morgan fingerprint density at radius 2 is 1.94 bits per heavy atom. The SMILES string of the molecule is C=CCCCCCN1CCC(C2CCCN2)CC1.